The summed E-state index contributed by atoms with van der Waals surface area (Å²) >= 11 is 0. The maximum Gasteiger partial charge on any atom is 0.317 e. The number of carbonyl (C=O) groups excluding carboxylic acids is 1. The number of urea groups is 1. The van der Waals surface area contributed by atoms with E-state index in [1.165, 1.54) is 0 Å². The molecule has 1 aromatic heterocycles. The quantitative estimate of drug-likeness (QED) is 0.921. The average Bonchev–Trinajstić information content (AvgIpc) is 2.92. The van der Waals surface area contributed by atoms with Crippen molar-refractivity contribution < 1.29 is 18.8 Å². The van der Waals surface area contributed by atoms with Gasteiger partial charge < -0.3 is 24.2 Å². The van der Waals surface area contributed by atoms with Crippen molar-refractivity contribution in [3.05, 3.63) is 40.8 Å². The standard InChI is InChI=1S/C18H23N3O4/c1-11-15(12(2)25-20-11)9-21(3)18(22)19-14-8-13-6-5-7-16(23-4)17(13)24-10-14/h5-7,14H,8-10H2,1-4H3,(H,19,22). The fourth-order valence-corrected chi connectivity index (χ4v) is 2.97. The molecule has 0 bridgehead atoms. The second kappa shape index (κ2) is 7.04. The number of aryl methyl sites for hydroxylation is 2. The van der Waals surface area contributed by atoms with Crippen molar-refractivity contribution >= 4 is 6.03 Å². The number of hydrogen-bond donors (Lipinski definition) is 1. The minimum absolute atomic E-state index is 0.0841. The Labute approximate surface area is 146 Å². The van der Waals surface area contributed by atoms with Gasteiger partial charge in [-0.2, -0.15) is 0 Å². The Kier molecular flexibility index (Phi) is 4.83. The third-order valence-corrected chi connectivity index (χ3v) is 4.43. The van der Waals surface area contributed by atoms with Gasteiger partial charge in [-0.05, 0) is 26.3 Å². The molecule has 134 valence electrons. The lowest BCUT2D eigenvalue weighted by atomic mass is 10.0. The highest BCUT2D eigenvalue weighted by Gasteiger charge is 2.25. The summed E-state index contributed by atoms with van der Waals surface area (Å²) in [6.07, 6.45) is 0.706. The molecule has 0 radical (unpaired) electrons. The van der Waals surface area contributed by atoms with E-state index in [1.54, 1.807) is 19.1 Å². The lowest BCUT2D eigenvalue weighted by molar-refractivity contribution is 0.185. The number of ether oxygens (including phenoxy) is 2. The average molecular weight is 345 g/mol. The Morgan fingerprint density at radius 3 is 2.92 bits per heavy atom. The van der Waals surface area contributed by atoms with Crippen LogP contribution >= 0.6 is 0 Å². The highest BCUT2D eigenvalue weighted by atomic mass is 16.5. The summed E-state index contributed by atoms with van der Waals surface area (Å²) in [5, 5.41) is 6.94. The zero-order valence-corrected chi connectivity index (χ0v) is 15.0. The summed E-state index contributed by atoms with van der Waals surface area (Å²) in [5.41, 5.74) is 2.77. The molecule has 0 aliphatic carbocycles. The van der Waals surface area contributed by atoms with E-state index < -0.39 is 0 Å². The van der Waals surface area contributed by atoms with E-state index in [9.17, 15) is 4.79 Å². The van der Waals surface area contributed by atoms with Crippen LogP contribution in [-0.4, -0.2) is 42.9 Å². The van der Waals surface area contributed by atoms with E-state index in [0.717, 1.165) is 34.1 Å². The number of amides is 2. The van der Waals surface area contributed by atoms with Crippen molar-refractivity contribution in [1.29, 1.82) is 0 Å². The first-order valence-corrected chi connectivity index (χ1v) is 8.21. The highest BCUT2D eigenvalue weighted by Crippen LogP contribution is 2.34. The number of methoxy groups -OCH3 is 1. The lowest BCUT2D eigenvalue weighted by Gasteiger charge is -2.29. The number of aromatic nitrogens is 1. The molecule has 1 N–H and O–H groups in total. The second-order valence-corrected chi connectivity index (χ2v) is 6.27. The van der Waals surface area contributed by atoms with Crippen LogP contribution in [0.4, 0.5) is 4.79 Å². The van der Waals surface area contributed by atoms with Gasteiger partial charge >= 0.3 is 6.03 Å². The Morgan fingerprint density at radius 2 is 2.24 bits per heavy atom. The van der Waals surface area contributed by atoms with Crippen LogP contribution in [0.25, 0.3) is 0 Å². The van der Waals surface area contributed by atoms with Gasteiger partial charge in [0.1, 0.15) is 12.4 Å². The number of carbonyl (C=O) groups is 1. The monoisotopic (exact) mass is 345 g/mol. The van der Waals surface area contributed by atoms with Crippen LogP contribution in [0.1, 0.15) is 22.6 Å². The van der Waals surface area contributed by atoms with Gasteiger partial charge in [-0.1, -0.05) is 17.3 Å². The highest BCUT2D eigenvalue weighted by molar-refractivity contribution is 5.74. The van der Waals surface area contributed by atoms with E-state index in [1.807, 2.05) is 32.0 Å². The Morgan fingerprint density at radius 1 is 1.44 bits per heavy atom. The van der Waals surface area contributed by atoms with Crippen LogP contribution < -0.4 is 14.8 Å². The molecule has 3 rings (SSSR count). The molecule has 1 aliphatic heterocycles. The molecule has 0 saturated carbocycles. The summed E-state index contributed by atoms with van der Waals surface area (Å²) in [4.78, 5) is 14.1. The van der Waals surface area contributed by atoms with Crippen molar-refractivity contribution in [2.24, 2.45) is 0 Å². The number of benzene rings is 1. The van der Waals surface area contributed by atoms with Crippen molar-refractivity contribution in [3.63, 3.8) is 0 Å². The normalized spacial score (nSPS) is 15.9. The van der Waals surface area contributed by atoms with E-state index in [-0.39, 0.29) is 12.1 Å². The minimum atomic E-state index is -0.153. The van der Waals surface area contributed by atoms with E-state index in [0.29, 0.717) is 19.6 Å². The first-order chi connectivity index (χ1) is 12.0. The van der Waals surface area contributed by atoms with Crippen molar-refractivity contribution in [3.8, 4) is 11.5 Å². The number of fused-ring (bicyclic) bond motifs is 1. The van der Waals surface area contributed by atoms with Crippen molar-refractivity contribution in [2.75, 3.05) is 20.8 Å². The van der Waals surface area contributed by atoms with Crippen LogP contribution in [0.2, 0.25) is 0 Å². The topological polar surface area (TPSA) is 76.8 Å². The first-order valence-electron chi connectivity index (χ1n) is 8.21. The summed E-state index contributed by atoms with van der Waals surface area (Å²) in [6, 6.07) is 5.55. The van der Waals surface area contributed by atoms with Gasteiger partial charge in [0.2, 0.25) is 0 Å². The van der Waals surface area contributed by atoms with Crippen LogP contribution in [0, 0.1) is 13.8 Å². The van der Waals surface area contributed by atoms with Crippen molar-refractivity contribution in [2.45, 2.75) is 32.9 Å². The summed E-state index contributed by atoms with van der Waals surface area (Å²) < 4.78 is 16.3. The van der Waals surface area contributed by atoms with Crippen LogP contribution in [-0.2, 0) is 13.0 Å². The molecule has 2 amide bonds. The molecule has 0 saturated heterocycles. The molecular weight excluding hydrogens is 322 g/mol. The molecule has 2 heterocycles. The maximum atomic E-state index is 12.5. The second-order valence-electron chi connectivity index (χ2n) is 6.27. The molecule has 1 aromatic carbocycles. The smallest absolute Gasteiger partial charge is 0.317 e. The van der Waals surface area contributed by atoms with Crippen molar-refractivity contribution in [1.82, 2.24) is 15.4 Å². The number of hydrogen-bond acceptors (Lipinski definition) is 5. The summed E-state index contributed by atoms with van der Waals surface area (Å²) in [7, 11) is 3.37. The predicted octanol–water partition coefficient (Wildman–Crippen LogP) is 2.45. The summed E-state index contributed by atoms with van der Waals surface area (Å²) in [5.74, 6) is 2.22. The molecule has 1 atom stereocenters. The molecule has 7 heteroatoms. The van der Waals surface area contributed by atoms with Gasteiger partial charge in [0.05, 0.1) is 25.4 Å². The van der Waals surface area contributed by atoms with Crippen LogP contribution in [0.3, 0.4) is 0 Å². The zero-order chi connectivity index (χ0) is 18.0. The van der Waals surface area contributed by atoms with Gasteiger partial charge in [-0.3, -0.25) is 0 Å². The number of nitrogens with one attached hydrogen (secondary N) is 1. The minimum Gasteiger partial charge on any atom is -0.493 e. The van der Waals surface area contributed by atoms with E-state index in [4.69, 9.17) is 14.0 Å². The molecule has 7 nitrogen and oxygen atoms in total. The Bertz CT molecular complexity index is 752. The van der Waals surface area contributed by atoms with E-state index in [2.05, 4.69) is 10.5 Å². The SMILES string of the molecule is COc1cccc2c1OCC(NC(=O)N(C)Cc1c(C)noc1C)C2. The summed E-state index contributed by atoms with van der Waals surface area (Å²) in [6.45, 7) is 4.58. The largest absolute Gasteiger partial charge is 0.493 e. The zero-order valence-electron chi connectivity index (χ0n) is 15.0. The molecule has 1 unspecified atom stereocenters. The first kappa shape index (κ1) is 17.1. The maximum absolute atomic E-state index is 12.5. The van der Waals surface area contributed by atoms with Crippen LogP contribution in [0.15, 0.2) is 22.7 Å². The number of para-hydroxylation sites is 1. The molecule has 1 aliphatic rings. The van der Waals surface area contributed by atoms with Crippen LogP contribution in [0.5, 0.6) is 11.5 Å². The van der Waals surface area contributed by atoms with Gasteiger partial charge in [0.15, 0.2) is 11.5 Å². The number of rotatable bonds is 4. The molecule has 25 heavy (non-hydrogen) atoms. The fraction of sp³-hybridized carbons (Fsp3) is 0.444. The Balaban J connectivity index is 1.62. The van der Waals surface area contributed by atoms with E-state index >= 15 is 0 Å². The number of nitrogens with zero attached hydrogens (tertiary/aromatic N) is 2. The molecular formula is C18H23N3O4. The third kappa shape index (κ3) is 3.55. The molecule has 0 fully saturated rings. The fourth-order valence-electron chi connectivity index (χ4n) is 2.97. The predicted molar refractivity (Wildman–Crippen MR) is 92.0 cm³/mol. The molecule has 2 aromatic rings. The van der Waals surface area contributed by atoms with Gasteiger partial charge in [-0.25, -0.2) is 4.79 Å². The third-order valence-electron chi connectivity index (χ3n) is 4.43. The Hall–Kier alpha value is -2.70. The lowest BCUT2D eigenvalue weighted by Crippen LogP contribution is -2.47. The molecule has 0 spiro atoms. The van der Waals surface area contributed by atoms with Gasteiger partial charge in [0, 0.05) is 18.2 Å². The van der Waals surface area contributed by atoms with Gasteiger partial charge in [-0.15, -0.1) is 0 Å². The van der Waals surface area contributed by atoms with Gasteiger partial charge in [0.25, 0.3) is 0 Å².